The average Bonchev–Trinajstić information content (AvgIpc) is 3.16. The minimum Gasteiger partial charge on any atom is -0.383 e. The van der Waals surface area contributed by atoms with Crippen LogP contribution >= 0.6 is 11.6 Å². The Morgan fingerprint density at radius 2 is 2.23 bits per heavy atom. The number of hydrogen-bond donors (Lipinski definition) is 0. The maximum atomic E-state index is 6.33. The predicted octanol–water partition coefficient (Wildman–Crippen LogP) is 3.17. The molecule has 1 fully saturated rings. The van der Waals surface area contributed by atoms with Gasteiger partial charge in [-0.25, -0.2) is 4.98 Å². The molecular weight excluding hydrogens is 298 g/mol. The number of benzene rings is 1. The summed E-state index contributed by atoms with van der Waals surface area (Å²) in [5.41, 5.74) is 2.52. The number of hydrogen-bond acceptors (Lipinski definition) is 3. The summed E-state index contributed by atoms with van der Waals surface area (Å²) in [5.74, 6) is 0.532. The lowest BCUT2D eigenvalue weighted by molar-refractivity contribution is 0.185. The van der Waals surface area contributed by atoms with Gasteiger partial charge in [-0.05, 0) is 30.5 Å². The minimum atomic E-state index is 0.532. The van der Waals surface area contributed by atoms with Gasteiger partial charge in [0, 0.05) is 38.0 Å². The molecule has 1 atom stereocenters. The maximum Gasteiger partial charge on any atom is 0.0949 e. The normalized spacial score (nSPS) is 18.9. The first-order chi connectivity index (χ1) is 10.8. The number of aromatic nitrogens is 2. The Morgan fingerprint density at radius 3 is 3.05 bits per heavy atom. The van der Waals surface area contributed by atoms with Crippen LogP contribution in [0.2, 0.25) is 5.02 Å². The minimum absolute atomic E-state index is 0.532. The highest BCUT2D eigenvalue weighted by atomic mass is 35.5. The Labute approximate surface area is 136 Å². The Kier molecular flexibility index (Phi) is 5.13. The highest BCUT2D eigenvalue weighted by Gasteiger charge is 2.25. The van der Waals surface area contributed by atoms with Gasteiger partial charge in [0.2, 0.25) is 0 Å². The molecule has 1 unspecified atom stereocenters. The standard InChI is InChI=1S/C17H22ClN3O/c1-22-9-8-21-13-19-10-15(21)12-20-7-6-14(11-20)16-4-2-3-5-17(16)18/h2-5,10,13-14H,6-9,11-12H2,1H3. The number of methoxy groups -OCH3 is 1. The van der Waals surface area contributed by atoms with Crippen LogP contribution in [0.15, 0.2) is 36.8 Å². The SMILES string of the molecule is COCCn1cncc1CN1CCC(c2ccccc2Cl)C1. The summed E-state index contributed by atoms with van der Waals surface area (Å²) in [6.45, 7) is 4.66. The van der Waals surface area contributed by atoms with E-state index in [0.29, 0.717) is 12.5 Å². The molecule has 3 rings (SSSR count). The first-order valence-corrected chi connectivity index (χ1v) is 8.10. The van der Waals surface area contributed by atoms with E-state index >= 15 is 0 Å². The maximum absolute atomic E-state index is 6.33. The molecule has 118 valence electrons. The number of nitrogens with zero attached hydrogens (tertiary/aromatic N) is 3. The van der Waals surface area contributed by atoms with Crippen molar-refractivity contribution in [2.45, 2.75) is 25.4 Å². The molecule has 0 N–H and O–H groups in total. The van der Waals surface area contributed by atoms with Crippen LogP contribution in [0.3, 0.4) is 0 Å². The Morgan fingerprint density at radius 1 is 1.36 bits per heavy atom. The highest BCUT2D eigenvalue weighted by molar-refractivity contribution is 6.31. The van der Waals surface area contributed by atoms with E-state index in [-0.39, 0.29) is 0 Å². The molecule has 2 aromatic rings. The van der Waals surface area contributed by atoms with Crippen LogP contribution in [-0.4, -0.2) is 41.3 Å². The molecule has 0 radical (unpaired) electrons. The second kappa shape index (κ2) is 7.27. The monoisotopic (exact) mass is 319 g/mol. The summed E-state index contributed by atoms with van der Waals surface area (Å²) >= 11 is 6.33. The van der Waals surface area contributed by atoms with E-state index in [1.807, 2.05) is 24.7 Å². The third-order valence-electron chi connectivity index (χ3n) is 4.34. The van der Waals surface area contributed by atoms with Crippen molar-refractivity contribution in [2.75, 3.05) is 26.8 Å². The zero-order valence-electron chi connectivity index (χ0n) is 12.9. The molecule has 1 aromatic carbocycles. The van der Waals surface area contributed by atoms with Gasteiger partial charge in [0.1, 0.15) is 0 Å². The molecule has 2 heterocycles. The van der Waals surface area contributed by atoms with Crippen molar-refractivity contribution >= 4 is 11.6 Å². The van der Waals surface area contributed by atoms with Gasteiger partial charge in [0.15, 0.2) is 0 Å². The van der Waals surface area contributed by atoms with Crippen LogP contribution in [0.5, 0.6) is 0 Å². The van der Waals surface area contributed by atoms with E-state index in [9.17, 15) is 0 Å². The fraction of sp³-hybridized carbons (Fsp3) is 0.471. The second-order valence-corrected chi connectivity index (χ2v) is 6.22. The molecule has 0 spiro atoms. The van der Waals surface area contributed by atoms with Crippen molar-refractivity contribution in [2.24, 2.45) is 0 Å². The fourth-order valence-corrected chi connectivity index (χ4v) is 3.43. The van der Waals surface area contributed by atoms with E-state index in [1.165, 1.54) is 11.3 Å². The average molecular weight is 320 g/mol. The van der Waals surface area contributed by atoms with Crippen molar-refractivity contribution in [1.29, 1.82) is 0 Å². The lowest BCUT2D eigenvalue weighted by atomic mass is 9.98. The third kappa shape index (κ3) is 3.51. The largest absolute Gasteiger partial charge is 0.383 e. The zero-order chi connectivity index (χ0) is 15.4. The van der Waals surface area contributed by atoms with Crippen LogP contribution in [-0.2, 0) is 17.8 Å². The topological polar surface area (TPSA) is 30.3 Å². The van der Waals surface area contributed by atoms with Gasteiger partial charge in [-0.3, -0.25) is 4.90 Å². The molecule has 0 amide bonds. The Balaban J connectivity index is 1.62. The van der Waals surface area contributed by atoms with E-state index in [0.717, 1.165) is 37.6 Å². The van der Waals surface area contributed by atoms with Gasteiger partial charge in [-0.15, -0.1) is 0 Å². The first kappa shape index (κ1) is 15.5. The van der Waals surface area contributed by atoms with E-state index < -0.39 is 0 Å². The Hall–Kier alpha value is -1.36. The van der Waals surface area contributed by atoms with E-state index in [1.54, 1.807) is 7.11 Å². The number of imidazole rings is 1. The number of rotatable bonds is 6. The van der Waals surface area contributed by atoms with Crippen molar-refractivity contribution in [3.8, 4) is 0 Å². The Bertz CT molecular complexity index is 613. The molecule has 1 aromatic heterocycles. The van der Waals surface area contributed by atoms with Crippen LogP contribution in [0.1, 0.15) is 23.6 Å². The number of halogens is 1. The quantitative estimate of drug-likeness (QED) is 0.819. The summed E-state index contributed by atoms with van der Waals surface area (Å²) in [6.07, 6.45) is 5.00. The third-order valence-corrected chi connectivity index (χ3v) is 4.68. The van der Waals surface area contributed by atoms with Crippen molar-refractivity contribution < 1.29 is 4.74 Å². The molecule has 1 aliphatic heterocycles. The summed E-state index contributed by atoms with van der Waals surface area (Å²) < 4.78 is 7.32. The lowest BCUT2D eigenvalue weighted by Crippen LogP contribution is -2.22. The van der Waals surface area contributed by atoms with E-state index in [4.69, 9.17) is 16.3 Å². The molecule has 1 saturated heterocycles. The number of likely N-dealkylation sites (tertiary alicyclic amines) is 1. The fourth-order valence-electron chi connectivity index (χ4n) is 3.14. The van der Waals surface area contributed by atoms with Crippen molar-refractivity contribution in [3.63, 3.8) is 0 Å². The van der Waals surface area contributed by atoms with Crippen LogP contribution in [0, 0.1) is 0 Å². The van der Waals surface area contributed by atoms with Crippen molar-refractivity contribution in [1.82, 2.24) is 14.5 Å². The molecular formula is C17H22ClN3O. The lowest BCUT2D eigenvalue weighted by Gasteiger charge is -2.17. The molecule has 22 heavy (non-hydrogen) atoms. The van der Waals surface area contributed by atoms with Gasteiger partial charge >= 0.3 is 0 Å². The molecule has 0 saturated carbocycles. The van der Waals surface area contributed by atoms with Gasteiger partial charge < -0.3 is 9.30 Å². The zero-order valence-corrected chi connectivity index (χ0v) is 13.7. The van der Waals surface area contributed by atoms with Gasteiger partial charge in [0.05, 0.1) is 18.6 Å². The molecule has 0 bridgehead atoms. The summed E-state index contributed by atoms with van der Waals surface area (Å²) in [5, 5.41) is 0.888. The molecule has 1 aliphatic rings. The summed E-state index contributed by atoms with van der Waals surface area (Å²) in [4.78, 5) is 6.75. The van der Waals surface area contributed by atoms with Crippen molar-refractivity contribution in [3.05, 3.63) is 53.1 Å². The van der Waals surface area contributed by atoms with Gasteiger partial charge in [-0.2, -0.15) is 0 Å². The highest BCUT2D eigenvalue weighted by Crippen LogP contribution is 2.32. The second-order valence-electron chi connectivity index (χ2n) is 5.81. The molecule has 4 nitrogen and oxygen atoms in total. The smallest absolute Gasteiger partial charge is 0.0949 e. The molecule has 5 heteroatoms. The van der Waals surface area contributed by atoms with Gasteiger partial charge in [-0.1, -0.05) is 29.8 Å². The van der Waals surface area contributed by atoms with E-state index in [2.05, 4.69) is 26.6 Å². The van der Waals surface area contributed by atoms with Crippen LogP contribution in [0.25, 0.3) is 0 Å². The summed E-state index contributed by atoms with van der Waals surface area (Å²) in [7, 11) is 1.73. The van der Waals surface area contributed by atoms with Gasteiger partial charge in [0.25, 0.3) is 0 Å². The number of ether oxygens (including phenoxy) is 1. The summed E-state index contributed by atoms with van der Waals surface area (Å²) in [6, 6.07) is 8.20. The predicted molar refractivity (Wildman–Crippen MR) is 88.2 cm³/mol. The first-order valence-electron chi connectivity index (χ1n) is 7.72. The van der Waals surface area contributed by atoms with Crippen LogP contribution < -0.4 is 0 Å². The molecule has 0 aliphatic carbocycles. The van der Waals surface area contributed by atoms with Crippen LogP contribution in [0.4, 0.5) is 0 Å².